The quantitative estimate of drug-likeness (QED) is 0.891. The van der Waals surface area contributed by atoms with Gasteiger partial charge in [-0.05, 0) is 25.5 Å². The average Bonchev–Trinajstić information content (AvgIpc) is 2.82. The smallest absolute Gasteiger partial charge is 0.168 e. The molecule has 0 saturated heterocycles. The van der Waals surface area contributed by atoms with Gasteiger partial charge in [-0.1, -0.05) is 19.4 Å². The molecular weight excluding hydrogens is 248 g/mol. The van der Waals surface area contributed by atoms with Crippen molar-refractivity contribution in [1.29, 1.82) is 0 Å². The molecule has 1 aromatic carbocycles. The normalized spacial score (nSPS) is 14.4. The number of imidazole rings is 1. The largest absolute Gasteiger partial charge is 0.340 e. The van der Waals surface area contributed by atoms with E-state index in [0.29, 0.717) is 11.5 Å². The highest BCUT2D eigenvalue weighted by atomic mass is 19.2. The van der Waals surface area contributed by atoms with Gasteiger partial charge in [0.05, 0.1) is 17.4 Å². The van der Waals surface area contributed by atoms with Crippen molar-refractivity contribution in [3.8, 4) is 11.3 Å². The molecule has 0 aliphatic heterocycles. The lowest BCUT2D eigenvalue weighted by Crippen LogP contribution is -2.34. The second-order valence-corrected chi connectivity index (χ2v) is 4.91. The number of nitrogens with two attached hydrogens (primary N) is 1. The number of nitrogens with one attached hydrogen (secondary N) is 1. The van der Waals surface area contributed by atoms with E-state index in [-0.39, 0.29) is 5.56 Å². The Hall–Kier alpha value is -1.75. The van der Waals surface area contributed by atoms with Gasteiger partial charge in [-0.15, -0.1) is 0 Å². The van der Waals surface area contributed by atoms with Crippen molar-refractivity contribution in [2.45, 2.75) is 32.2 Å². The molecule has 3 N–H and O–H groups in total. The van der Waals surface area contributed by atoms with Crippen LogP contribution in [-0.2, 0) is 5.54 Å². The number of halogens is 2. The van der Waals surface area contributed by atoms with E-state index in [1.165, 1.54) is 18.3 Å². The second kappa shape index (κ2) is 5.09. The highest BCUT2D eigenvalue weighted by Gasteiger charge is 2.24. The Bertz CT molecular complexity index is 576. The van der Waals surface area contributed by atoms with E-state index >= 15 is 0 Å². The van der Waals surface area contributed by atoms with Crippen LogP contribution in [0.3, 0.4) is 0 Å². The Labute approximate surface area is 110 Å². The summed E-state index contributed by atoms with van der Waals surface area (Å²) in [6, 6.07) is 4.05. The van der Waals surface area contributed by atoms with E-state index in [4.69, 9.17) is 5.73 Å². The van der Waals surface area contributed by atoms with Crippen molar-refractivity contribution < 1.29 is 8.78 Å². The zero-order valence-electron chi connectivity index (χ0n) is 11.0. The molecule has 1 unspecified atom stereocenters. The molecule has 1 aromatic heterocycles. The summed E-state index contributed by atoms with van der Waals surface area (Å²) in [5.74, 6) is -1.18. The summed E-state index contributed by atoms with van der Waals surface area (Å²) in [7, 11) is 0. The molecule has 3 nitrogen and oxygen atoms in total. The lowest BCUT2D eigenvalue weighted by atomic mass is 9.97. The van der Waals surface area contributed by atoms with Crippen LogP contribution in [0, 0.1) is 11.6 Å². The third kappa shape index (κ3) is 2.66. The number of hydrogen-bond acceptors (Lipinski definition) is 2. The molecule has 0 saturated carbocycles. The van der Waals surface area contributed by atoms with Crippen LogP contribution in [0.5, 0.6) is 0 Å². The van der Waals surface area contributed by atoms with Crippen molar-refractivity contribution in [3.63, 3.8) is 0 Å². The van der Waals surface area contributed by atoms with Crippen molar-refractivity contribution in [2.24, 2.45) is 5.73 Å². The maximum atomic E-state index is 13.7. The van der Waals surface area contributed by atoms with Crippen molar-refractivity contribution in [2.75, 3.05) is 0 Å². The number of aromatic amines is 1. The molecule has 0 bridgehead atoms. The van der Waals surface area contributed by atoms with Crippen LogP contribution in [-0.4, -0.2) is 9.97 Å². The highest BCUT2D eigenvalue weighted by Crippen LogP contribution is 2.26. The first-order valence-electron chi connectivity index (χ1n) is 6.24. The molecule has 0 amide bonds. The van der Waals surface area contributed by atoms with Crippen LogP contribution in [0.2, 0.25) is 0 Å². The number of hydrogen-bond donors (Lipinski definition) is 2. The molecule has 0 spiro atoms. The van der Waals surface area contributed by atoms with E-state index in [1.54, 1.807) is 0 Å². The predicted octanol–water partition coefficient (Wildman–Crippen LogP) is 3.33. The number of aromatic nitrogens is 2. The van der Waals surface area contributed by atoms with Gasteiger partial charge in [-0.2, -0.15) is 0 Å². The van der Waals surface area contributed by atoms with Gasteiger partial charge in [0.1, 0.15) is 5.82 Å². The maximum Gasteiger partial charge on any atom is 0.168 e. The third-order valence-electron chi connectivity index (χ3n) is 3.13. The van der Waals surface area contributed by atoms with Crippen molar-refractivity contribution in [3.05, 3.63) is 41.9 Å². The van der Waals surface area contributed by atoms with E-state index in [9.17, 15) is 8.78 Å². The van der Waals surface area contributed by atoms with Crippen LogP contribution in [0.1, 0.15) is 32.5 Å². The van der Waals surface area contributed by atoms with Crippen LogP contribution in [0.15, 0.2) is 24.4 Å². The molecule has 19 heavy (non-hydrogen) atoms. The molecule has 2 aromatic rings. The van der Waals surface area contributed by atoms with E-state index in [1.807, 2.05) is 13.8 Å². The number of nitrogens with zero attached hydrogens (tertiary/aromatic N) is 1. The predicted molar refractivity (Wildman–Crippen MR) is 70.4 cm³/mol. The fourth-order valence-electron chi connectivity index (χ4n) is 2.10. The molecule has 0 fully saturated rings. The Morgan fingerprint density at radius 1 is 1.37 bits per heavy atom. The summed E-state index contributed by atoms with van der Waals surface area (Å²) in [5.41, 5.74) is 6.13. The van der Waals surface area contributed by atoms with Gasteiger partial charge in [-0.3, -0.25) is 0 Å². The summed E-state index contributed by atoms with van der Waals surface area (Å²) >= 11 is 0. The molecule has 1 atom stereocenters. The molecule has 5 heteroatoms. The Kier molecular flexibility index (Phi) is 3.66. The summed E-state index contributed by atoms with van der Waals surface area (Å²) in [5, 5.41) is 0. The highest BCUT2D eigenvalue weighted by molar-refractivity contribution is 5.59. The first-order chi connectivity index (χ1) is 8.95. The zero-order valence-corrected chi connectivity index (χ0v) is 11.0. The molecule has 1 heterocycles. The molecule has 0 aliphatic rings. The first kappa shape index (κ1) is 13.7. The summed E-state index contributed by atoms with van der Waals surface area (Å²) in [6.45, 7) is 3.89. The molecule has 2 rings (SSSR count). The number of benzene rings is 1. The van der Waals surface area contributed by atoms with E-state index in [0.717, 1.165) is 18.9 Å². The minimum Gasteiger partial charge on any atom is -0.340 e. The zero-order chi connectivity index (χ0) is 14.0. The lowest BCUT2D eigenvalue weighted by Gasteiger charge is -2.21. The van der Waals surface area contributed by atoms with Crippen molar-refractivity contribution >= 4 is 0 Å². The van der Waals surface area contributed by atoms with Crippen molar-refractivity contribution in [1.82, 2.24) is 9.97 Å². The van der Waals surface area contributed by atoms with Gasteiger partial charge < -0.3 is 10.7 Å². The Morgan fingerprint density at radius 3 is 2.79 bits per heavy atom. The molecule has 102 valence electrons. The monoisotopic (exact) mass is 265 g/mol. The number of rotatable bonds is 4. The average molecular weight is 265 g/mol. The molecular formula is C14H17F2N3. The van der Waals surface area contributed by atoms with Gasteiger partial charge in [0, 0.05) is 5.56 Å². The Morgan fingerprint density at radius 2 is 2.11 bits per heavy atom. The minimum atomic E-state index is -0.882. The molecule has 0 radical (unpaired) electrons. The van der Waals surface area contributed by atoms with Gasteiger partial charge in [-0.25, -0.2) is 13.8 Å². The van der Waals surface area contributed by atoms with Gasteiger partial charge in [0.15, 0.2) is 11.6 Å². The SMILES string of the molecule is CCCC(C)(N)c1ncc(-c2cccc(F)c2F)[nH]1. The number of H-pyrrole nitrogens is 1. The van der Waals surface area contributed by atoms with Gasteiger partial charge in [0.25, 0.3) is 0 Å². The van der Waals surface area contributed by atoms with Gasteiger partial charge in [0.2, 0.25) is 0 Å². The maximum absolute atomic E-state index is 13.7. The summed E-state index contributed by atoms with van der Waals surface area (Å²) in [4.78, 5) is 7.16. The third-order valence-corrected chi connectivity index (χ3v) is 3.13. The first-order valence-corrected chi connectivity index (χ1v) is 6.24. The summed E-state index contributed by atoms with van der Waals surface area (Å²) < 4.78 is 26.9. The molecule has 0 aliphatic carbocycles. The van der Waals surface area contributed by atoms with Crippen LogP contribution < -0.4 is 5.73 Å². The summed E-state index contributed by atoms with van der Waals surface area (Å²) in [6.07, 6.45) is 3.15. The standard InChI is InChI=1S/C14H17F2N3/c1-3-7-14(2,17)13-18-8-11(19-13)9-5-4-6-10(15)12(9)16/h4-6,8H,3,7,17H2,1-2H3,(H,18,19). The minimum absolute atomic E-state index is 0.158. The van der Waals surface area contributed by atoms with Crippen LogP contribution in [0.25, 0.3) is 11.3 Å². The topological polar surface area (TPSA) is 54.7 Å². The van der Waals surface area contributed by atoms with Crippen LogP contribution >= 0.6 is 0 Å². The van der Waals surface area contributed by atoms with E-state index < -0.39 is 17.2 Å². The second-order valence-electron chi connectivity index (χ2n) is 4.91. The Balaban J connectivity index is 2.39. The fourth-order valence-corrected chi connectivity index (χ4v) is 2.10. The van der Waals surface area contributed by atoms with E-state index in [2.05, 4.69) is 9.97 Å². The lowest BCUT2D eigenvalue weighted by molar-refractivity contribution is 0.423. The fraction of sp³-hybridized carbons (Fsp3) is 0.357. The van der Waals surface area contributed by atoms with Crippen LogP contribution in [0.4, 0.5) is 8.78 Å². The van der Waals surface area contributed by atoms with Gasteiger partial charge >= 0.3 is 0 Å².